The maximum Gasteiger partial charge on any atom is 0.231 e. The third-order valence-electron chi connectivity index (χ3n) is 8.85. The van der Waals surface area contributed by atoms with Crippen LogP contribution in [-0.4, -0.2) is 14.5 Å². The van der Waals surface area contributed by atoms with Crippen LogP contribution in [0.15, 0.2) is 144 Å². The van der Waals surface area contributed by atoms with E-state index in [4.69, 9.17) is 14.4 Å². The molecule has 0 aliphatic carbocycles. The number of nitrogens with zero attached hydrogens (tertiary/aromatic N) is 5. The normalized spacial score (nSPS) is 11.3. The smallest absolute Gasteiger partial charge is 0.231 e. The van der Waals surface area contributed by atoms with E-state index >= 15 is 0 Å². The van der Waals surface area contributed by atoms with E-state index in [1.807, 2.05) is 42.5 Å². The number of nitriles is 2. The summed E-state index contributed by atoms with van der Waals surface area (Å²) in [7, 11) is 0. The van der Waals surface area contributed by atoms with E-state index in [1.54, 1.807) is 18.2 Å². The van der Waals surface area contributed by atoms with E-state index in [0.29, 0.717) is 39.5 Å². The minimum atomic E-state index is 0.383. The molecular weight excluding hydrogens is 590 g/mol. The summed E-state index contributed by atoms with van der Waals surface area (Å²) in [5.41, 5.74) is 9.45. The summed E-state index contributed by atoms with van der Waals surface area (Å²) in [5, 5.41) is 23.5. The maximum atomic E-state index is 9.76. The van der Waals surface area contributed by atoms with Crippen molar-refractivity contribution >= 4 is 43.9 Å². The first-order valence-electron chi connectivity index (χ1n) is 15.5. The van der Waals surface area contributed by atoms with Crippen molar-refractivity contribution in [1.29, 1.82) is 10.5 Å². The summed E-state index contributed by atoms with van der Waals surface area (Å²) in [6.45, 7) is 0. The average molecular weight is 614 g/mol. The lowest BCUT2D eigenvalue weighted by molar-refractivity contribution is 0.653. The standard InChI is InChI=1S/C42H23N5O/c43-24-26-19-27(25-44)21-31(20-26)40-39-35-23-30(16-18-38(35)48-42(39)46-41(45-40)28-9-3-1-4-10-28)29-15-17-37-34(22-29)33-13-7-8-14-36(33)47(37)32-11-5-2-6-12-32/h1-23H. The van der Waals surface area contributed by atoms with Crippen molar-refractivity contribution in [1.82, 2.24) is 14.5 Å². The van der Waals surface area contributed by atoms with Crippen molar-refractivity contribution in [3.05, 3.63) is 151 Å². The molecule has 0 bridgehead atoms. The summed E-state index contributed by atoms with van der Waals surface area (Å²) in [4.78, 5) is 9.88. The molecule has 6 nitrogen and oxygen atoms in total. The molecule has 0 fully saturated rings. The topological polar surface area (TPSA) is 91.4 Å². The van der Waals surface area contributed by atoms with Gasteiger partial charge < -0.3 is 8.98 Å². The molecule has 6 aromatic carbocycles. The molecule has 0 unspecified atom stereocenters. The molecule has 3 aromatic heterocycles. The Balaban J connectivity index is 1.28. The van der Waals surface area contributed by atoms with E-state index < -0.39 is 0 Å². The molecule has 0 amide bonds. The maximum absolute atomic E-state index is 9.76. The van der Waals surface area contributed by atoms with Crippen molar-refractivity contribution in [2.24, 2.45) is 0 Å². The highest BCUT2D eigenvalue weighted by molar-refractivity contribution is 6.13. The highest BCUT2D eigenvalue weighted by Gasteiger charge is 2.20. The molecule has 0 saturated heterocycles. The number of benzene rings is 6. The second kappa shape index (κ2) is 10.8. The molecular formula is C42H23N5O. The number of hydrogen-bond donors (Lipinski definition) is 0. The van der Waals surface area contributed by atoms with Crippen LogP contribution >= 0.6 is 0 Å². The lowest BCUT2D eigenvalue weighted by Gasteiger charge is -2.09. The summed E-state index contributed by atoms with van der Waals surface area (Å²) in [6.07, 6.45) is 0. The van der Waals surface area contributed by atoms with Gasteiger partial charge in [0.2, 0.25) is 5.71 Å². The zero-order valence-corrected chi connectivity index (χ0v) is 25.4. The van der Waals surface area contributed by atoms with Crippen LogP contribution < -0.4 is 0 Å². The van der Waals surface area contributed by atoms with Crippen molar-refractivity contribution in [2.45, 2.75) is 0 Å². The number of hydrogen-bond acceptors (Lipinski definition) is 5. The number of aromatic nitrogens is 3. The van der Waals surface area contributed by atoms with Gasteiger partial charge in [-0.15, -0.1) is 0 Å². The Morgan fingerprint density at radius 3 is 1.92 bits per heavy atom. The van der Waals surface area contributed by atoms with Gasteiger partial charge in [-0.3, -0.25) is 0 Å². The number of rotatable bonds is 4. The predicted octanol–water partition coefficient (Wildman–Crippen LogP) is 10.2. The number of para-hydroxylation sites is 2. The molecule has 0 saturated carbocycles. The monoisotopic (exact) mass is 613 g/mol. The first kappa shape index (κ1) is 27.3. The average Bonchev–Trinajstić information content (AvgIpc) is 3.69. The van der Waals surface area contributed by atoms with Crippen LogP contribution in [0, 0.1) is 22.7 Å². The molecule has 0 aliphatic heterocycles. The van der Waals surface area contributed by atoms with Crippen molar-refractivity contribution in [3.8, 4) is 51.6 Å². The first-order valence-corrected chi connectivity index (χ1v) is 15.5. The van der Waals surface area contributed by atoms with Crippen LogP contribution in [0.3, 0.4) is 0 Å². The predicted molar refractivity (Wildman–Crippen MR) is 189 cm³/mol. The van der Waals surface area contributed by atoms with Gasteiger partial charge in [0.25, 0.3) is 0 Å². The van der Waals surface area contributed by atoms with Gasteiger partial charge in [0.05, 0.1) is 45.4 Å². The van der Waals surface area contributed by atoms with Gasteiger partial charge in [-0.1, -0.05) is 78.9 Å². The molecule has 222 valence electrons. The lowest BCUT2D eigenvalue weighted by Crippen LogP contribution is -1.95. The fraction of sp³-hybridized carbons (Fsp3) is 0. The quantitative estimate of drug-likeness (QED) is 0.197. The summed E-state index contributed by atoms with van der Waals surface area (Å²) < 4.78 is 8.68. The fourth-order valence-electron chi connectivity index (χ4n) is 6.68. The van der Waals surface area contributed by atoms with Crippen molar-refractivity contribution in [2.75, 3.05) is 0 Å². The molecule has 9 rings (SSSR count). The van der Waals surface area contributed by atoms with E-state index in [9.17, 15) is 10.5 Å². The second-order valence-electron chi connectivity index (χ2n) is 11.7. The number of fused-ring (bicyclic) bond motifs is 6. The van der Waals surface area contributed by atoms with Crippen LogP contribution in [0.1, 0.15) is 11.1 Å². The van der Waals surface area contributed by atoms with Crippen LogP contribution in [-0.2, 0) is 0 Å². The summed E-state index contributed by atoms with van der Waals surface area (Å²) in [5.74, 6) is 0.499. The highest BCUT2D eigenvalue weighted by Crippen LogP contribution is 2.40. The van der Waals surface area contributed by atoms with Crippen LogP contribution in [0.4, 0.5) is 0 Å². The van der Waals surface area contributed by atoms with Crippen LogP contribution in [0.25, 0.3) is 83.3 Å². The first-order chi connectivity index (χ1) is 23.7. The Morgan fingerprint density at radius 2 is 1.17 bits per heavy atom. The SMILES string of the molecule is N#Cc1cc(C#N)cc(-c2nc(-c3ccccc3)nc3oc4ccc(-c5ccc6c(c5)c5ccccc5n6-c5ccccc5)cc4c23)c1. The van der Waals surface area contributed by atoms with Crippen molar-refractivity contribution in [3.63, 3.8) is 0 Å². The van der Waals surface area contributed by atoms with Crippen LogP contribution in [0.5, 0.6) is 0 Å². The van der Waals surface area contributed by atoms with Gasteiger partial charge in [0.1, 0.15) is 5.58 Å². The van der Waals surface area contributed by atoms with E-state index in [2.05, 4.69) is 95.6 Å². The third kappa shape index (κ3) is 4.33. The lowest BCUT2D eigenvalue weighted by atomic mass is 9.98. The molecule has 9 aromatic rings. The minimum Gasteiger partial charge on any atom is -0.438 e. The molecule has 3 heterocycles. The summed E-state index contributed by atoms with van der Waals surface area (Å²) >= 11 is 0. The second-order valence-corrected chi connectivity index (χ2v) is 11.7. The Bertz CT molecular complexity index is 2770. The third-order valence-corrected chi connectivity index (χ3v) is 8.85. The minimum absolute atomic E-state index is 0.383. The largest absolute Gasteiger partial charge is 0.438 e. The molecule has 0 atom stereocenters. The van der Waals surface area contributed by atoms with E-state index in [1.165, 1.54) is 5.39 Å². The fourth-order valence-corrected chi connectivity index (χ4v) is 6.68. The Kier molecular flexibility index (Phi) is 6.15. The molecule has 0 spiro atoms. The van der Waals surface area contributed by atoms with Crippen molar-refractivity contribution < 1.29 is 4.42 Å². The molecule has 0 aliphatic rings. The zero-order chi connectivity index (χ0) is 32.2. The van der Waals surface area contributed by atoms with E-state index in [-0.39, 0.29) is 0 Å². The molecule has 0 N–H and O–H groups in total. The Hall–Kier alpha value is -7.02. The van der Waals surface area contributed by atoms with Gasteiger partial charge in [-0.25, -0.2) is 4.98 Å². The summed E-state index contributed by atoms with van der Waals surface area (Å²) in [6, 6.07) is 50.9. The molecule has 0 radical (unpaired) electrons. The highest BCUT2D eigenvalue weighted by atomic mass is 16.3. The van der Waals surface area contributed by atoms with Gasteiger partial charge >= 0.3 is 0 Å². The Morgan fingerprint density at radius 1 is 0.521 bits per heavy atom. The van der Waals surface area contributed by atoms with E-state index in [0.717, 1.165) is 49.6 Å². The molecule has 48 heavy (non-hydrogen) atoms. The zero-order valence-electron chi connectivity index (χ0n) is 25.4. The van der Waals surface area contributed by atoms with Gasteiger partial charge in [0.15, 0.2) is 5.82 Å². The van der Waals surface area contributed by atoms with Crippen LogP contribution in [0.2, 0.25) is 0 Å². The number of furan rings is 1. The molecule has 6 heteroatoms. The van der Waals surface area contributed by atoms with Gasteiger partial charge in [-0.2, -0.15) is 15.5 Å². The van der Waals surface area contributed by atoms with Gasteiger partial charge in [-0.05, 0) is 71.8 Å². The van der Waals surface area contributed by atoms with Gasteiger partial charge in [0, 0.05) is 33.0 Å². The Labute approximate surface area is 275 Å².